The molecule has 0 unspecified atom stereocenters. The van der Waals surface area contributed by atoms with E-state index in [0.29, 0.717) is 0 Å². The maximum absolute atomic E-state index is 4.83. The number of pyridine rings is 2. The number of fused-ring (bicyclic) bond motifs is 11. The predicted octanol–water partition coefficient (Wildman–Crippen LogP) is 7.40. The molecule has 0 aliphatic rings. The molecule has 0 fully saturated rings. The molecule has 2 heterocycles. The third kappa shape index (κ3) is 2.03. The lowest BCUT2D eigenvalue weighted by molar-refractivity contribution is 1.43. The van der Waals surface area contributed by atoms with Crippen molar-refractivity contribution >= 4 is 64.9 Å². The summed E-state index contributed by atoms with van der Waals surface area (Å²) in [6.45, 7) is 0. The molecule has 7 rings (SSSR count). The molecule has 2 nitrogen and oxygen atoms in total. The lowest BCUT2D eigenvalue weighted by atomic mass is 9.93. The van der Waals surface area contributed by atoms with E-state index in [1.165, 1.54) is 43.1 Å². The minimum Gasteiger partial charge on any atom is -0.256 e. The van der Waals surface area contributed by atoms with Crippen LogP contribution in [0.5, 0.6) is 0 Å². The van der Waals surface area contributed by atoms with Crippen molar-refractivity contribution in [2.75, 3.05) is 0 Å². The molecule has 0 spiro atoms. The predicted molar refractivity (Wildman–Crippen MR) is 127 cm³/mol. The van der Waals surface area contributed by atoms with Crippen LogP contribution in [0.2, 0.25) is 0 Å². The zero-order chi connectivity index (χ0) is 19.7. The van der Waals surface area contributed by atoms with Gasteiger partial charge in [0.15, 0.2) is 0 Å². The third-order valence-corrected chi connectivity index (χ3v) is 6.27. The van der Waals surface area contributed by atoms with Crippen molar-refractivity contribution in [1.29, 1.82) is 0 Å². The summed E-state index contributed by atoms with van der Waals surface area (Å²) >= 11 is 0. The molecule has 7 aromatic rings. The van der Waals surface area contributed by atoms with E-state index in [1.807, 2.05) is 12.4 Å². The van der Waals surface area contributed by atoms with E-state index in [9.17, 15) is 0 Å². The number of nitrogens with zero attached hydrogens (tertiary/aromatic N) is 2. The Hall–Kier alpha value is -4.04. The number of benzene rings is 5. The second kappa shape index (κ2) is 5.74. The number of hydrogen-bond donors (Lipinski definition) is 0. The molecule has 30 heavy (non-hydrogen) atoms. The largest absolute Gasteiger partial charge is 0.256 e. The topological polar surface area (TPSA) is 25.8 Å². The van der Waals surface area contributed by atoms with Crippen molar-refractivity contribution < 1.29 is 0 Å². The van der Waals surface area contributed by atoms with Gasteiger partial charge in [-0.1, -0.05) is 72.8 Å². The summed E-state index contributed by atoms with van der Waals surface area (Å²) in [5.74, 6) is 0. The number of hydrogen-bond acceptors (Lipinski definition) is 2. The van der Waals surface area contributed by atoms with Gasteiger partial charge in [-0.05, 0) is 33.7 Å². The molecule has 0 bridgehead atoms. The Kier molecular flexibility index (Phi) is 3.03. The molecule has 0 saturated carbocycles. The number of aromatic nitrogens is 2. The van der Waals surface area contributed by atoms with E-state index in [0.717, 1.165) is 21.8 Å². The summed E-state index contributed by atoms with van der Waals surface area (Å²) in [6, 6.07) is 30.1. The summed E-state index contributed by atoms with van der Waals surface area (Å²) in [5.41, 5.74) is 2.02. The Morgan fingerprint density at radius 2 is 0.800 bits per heavy atom. The SMILES string of the molecule is c1ccc2c(c1)ccc1cnc3ccc4ncc5ccc6ccccc6c5c4c3c12. The van der Waals surface area contributed by atoms with Gasteiger partial charge in [-0.2, -0.15) is 0 Å². The van der Waals surface area contributed by atoms with Crippen molar-refractivity contribution in [3.8, 4) is 0 Å². The summed E-state index contributed by atoms with van der Waals surface area (Å²) in [4.78, 5) is 9.65. The van der Waals surface area contributed by atoms with Crippen molar-refractivity contribution in [2.24, 2.45) is 0 Å². The highest BCUT2D eigenvalue weighted by Crippen LogP contribution is 2.39. The molecule has 2 aromatic heterocycles. The first kappa shape index (κ1) is 15.8. The summed E-state index contributed by atoms with van der Waals surface area (Å²) < 4.78 is 0. The average Bonchev–Trinajstić information content (AvgIpc) is 2.82. The summed E-state index contributed by atoms with van der Waals surface area (Å²) in [5, 5.41) is 12.2. The van der Waals surface area contributed by atoms with Crippen LogP contribution in [0.1, 0.15) is 0 Å². The highest BCUT2D eigenvalue weighted by atomic mass is 14.7. The van der Waals surface area contributed by atoms with Crippen LogP contribution < -0.4 is 0 Å². The van der Waals surface area contributed by atoms with Crippen LogP contribution in [0.15, 0.2) is 97.3 Å². The van der Waals surface area contributed by atoms with Crippen molar-refractivity contribution in [3.05, 3.63) is 97.3 Å². The minimum absolute atomic E-state index is 1.01. The molecule has 0 N–H and O–H groups in total. The highest BCUT2D eigenvalue weighted by Gasteiger charge is 2.14. The quantitative estimate of drug-likeness (QED) is 0.256. The molecule has 5 aromatic carbocycles. The monoisotopic (exact) mass is 380 g/mol. The Morgan fingerprint density at radius 3 is 1.30 bits per heavy atom. The fourth-order valence-electron chi connectivity index (χ4n) is 4.93. The fourth-order valence-corrected chi connectivity index (χ4v) is 4.93. The van der Waals surface area contributed by atoms with E-state index in [-0.39, 0.29) is 0 Å². The van der Waals surface area contributed by atoms with E-state index in [4.69, 9.17) is 9.97 Å². The van der Waals surface area contributed by atoms with Crippen LogP contribution in [0.3, 0.4) is 0 Å². The molecule has 0 radical (unpaired) electrons. The van der Waals surface area contributed by atoms with Gasteiger partial charge in [0.25, 0.3) is 0 Å². The first-order valence-electron chi connectivity index (χ1n) is 10.2. The van der Waals surface area contributed by atoms with Crippen LogP contribution in [0.4, 0.5) is 0 Å². The van der Waals surface area contributed by atoms with E-state index in [2.05, 4.69) is 84.9 Å². The van der Waals surface area contributed by atoms with Gasteiger partial charge in [0.1, 0.15) is 0 Å². The molecule has 0 aliphatic heterocycles. The van der Waals surface area contributed by atoms with Gasteiger partial charge in [0.2, 0.25) is 0 Å². The molecule has 0 atom stereocenters. The van der Waals surface area contributed by atoms with Crippen LogP contribution in [-0.2, 0) is 0 Å². The normalized spacial score (nSPS) is 12.0. The first-order valence-corrected chi connectivity index (χ1v) is 10.2. The molecule has 0 saturated heterocycles. The van der Waals surface area contributed by atoms with Gasteiger partial charge in [0.05, 0.1) is 11.0 Å². The second-order valence-electron chi connectivity index (χ2n) is 7.87. The molecular weight excluding hydrogens is 364 g/mol. The van der Waals surface area contributed by atoms with Gasteiger partial charge in [-0.15, -0.1) is 0 Å². The zero-order valence-electron chi connectivity index (χ0n) is 16.1. The smallest absolute Gasteiger partial charge is 0.0716 e. The molecule has 0 amide bonds. The van der Waals surface area contributed by atoms with Crippen LogP contribution in [-0.4, -0.2) is 9.97 Å². The number of rotatable bonds is 0. The highest BCUT2D eigenvalue weighted by molar-refractivity contribution is 6.33. The maximum atomic E-state index is 4.83. The van der Waals surface area contributed by atoms with E-state index >= 15 is 0 Å². The van der Waals surface area contributed by atoms with E-state index in [1.54, 1.807) is 0 Å². The van der Waals surface area contributed by atoms with Gasteiger partial charge in [-0.3, -0.25) is 9.97 Å². The maximum Gasteiger partial charge on any atom is 0.0716 e. The van der Waals surface area contributed by atoms with E-state index < -0.39 is 0 Å². The minimum atomic E-state index is 1.01. The Bertz CT molecular complexity index is 1640. The van der Waals surface area contributed by atoms with Crippen LogP contribution in [0, 0.1) is 0 Å². The standard InChI is InChI=1S/C28H16N2/c1-3-7-21-17(5-1)9-11-19-15-29-23-13-14-24-28(27(23)25(19)21)26-20(16-30-24)12-10-18-6-2-4-8-22(18)26/h1-16H. The molecular formula is C28H16N2. The second-order valence-corrected chi connectivity index (χ2v) is 7.87. The third-order valence-electron chi connectivity index (χ3n) is 6.27. The Morgan fingerprint density at radius 1 is 0.367 bits per heavy atom. The fraction of sp³-hybridized carbons (Fsp3) is 0. The molecule has 0 aliphatic carbocycles. The van der Waals surface area contributed by atoms with Crippen LogP contribution >= 0.6 is 0 Å². The molecule has 138 valence electrons. The summed E-state index contributed by atoms with van der Waals surface area (Å²) in [7, 11) is 0. The van der Waals surface area contributed by atoms with Crippen molar-refractivity contribution in [3.63, 3.8) is 0 Å². The van der Waals surface area contributed by atoms with Gasteiger partial charge in [-0.25, -0.2) is 0 Å². The Balaban J connectivity index is 1.90. The molecule has 2 heteroatoms. The summed E-state index contributed by atoms with van der Waals surface area (Å²) in [6.07, 6.45) is 3.99. The van der Waals surface area contributed by atoms with Crippen molar-refractivity contribution in [1.82, 2.24) is 9.97 Å². The van der Waals surface area contributed by atoms with Gasteiger partial charge in [0, 0.05) is 44.7 Å². The first-order chi connectivity index (χ1) is 14.9. The lowest BCUT2D eigenvalue weighted by Crippen LogP contribution is -1.90. The van der Waals surface area contributed by atoms with Gasteiger partial charge >= 0.3 is 0 Å². The van der Waals surface area contributed by atoms with Crippen molar-refractivity contribution in [2.45, 2.75) is 0 Å². The Labute approximate surface area is 172 Å². The van der Waals surface area contributed by atoms with Gasteiger partial charge < -0.3 is 0 Å². The van der Waals surface area contributed by atoms with Crippen LogP contribution in [0.25, 0.3) is 64.9 Å². The average molecular weight is 380 g/mol. The lowest BCUT2D eigenvalue weighted by Gasteiger charge is -2.13. The zero-order valence-corrected chi connectivity index (χ0v) is 16.1.